The maximum absolute atomic E-state index is 5.22. The molecule has 0 heterocycles. The maximum atomic E-state index is 5.22. The average molecular weight is 390 g/mol. The molecule has 0 fully saturated rings. The highest BCUT2D eigenvalue weighted by Gasteiger charge is 2.04. The summed E-state index contributed by atoms with van der Waals surface area (Å²) in [7, 11) is 4.87. The predicted octanol–water partition coefficient (Wildman–Crippen LogP) is 5.27. The Balaban J connectivity index is 1.85. The molecule has 0 atom stereocenters. The van der Waals surface area contributed by atoms with Crippen LogP contribution in [0.25, 0.3) is 0 Å². The second kappa shape index (κ2) is 9.89. The third kappa shape index (κ3) is 5.55. The lowest BCUT2D eigenvalue weighted by molar-refractivity contribution is 0.414. The fourth-order valence-electron chi connectivity index (χ4n) is 2.42. The largest absolute Gasteiger partial charge is 0.497 e. The first-order valence-corrected chi connectivity index (χ1v) is 8.90. The highest BCUT2D eigenvalue weighted by atomic mass is 16.5. The molecule has 148 valence electrons. The van der Waals surface area contributed by atoms with E-state index in [0.29, 0.717) is 11.5 Å². The lowest BCUT2D eigenvalue weighted by Crippen LogP contribution is -2.01. The summed E-state index contributed by atoms with van der Waals surface area (Å²) in [5.41, 5.74) is 5.29. The number of amidine groups is 1. The lowest BCUT2D eigenvalue weighted by atomic mass is 10.2. The third-order valence-electron chi connectivity index (χ3n) is 4.06. The number of azo groups is 1. The Morgan fingerprint density at radius 1 is 0.655 bits per heavy atom. The minimum Gasteiger partial charge on any atom is -0.497 e. The summed E-state index contributed by atoms with van der Waals surface area (Å²) in [6, 6.07) is 22.2. The molecule has 7 heteroatoms. The zero-order chi connectivity index (χ0) is 20.5. The first-order chi connectivity index (χ1) is 14.2. The molecule has 0 saturated heterocycles. The van der Waals surface area contributed by atoms with Gasteiger partial charge in [-0.3, -0.25) is 5.43 Å². The number of anilines is 1. The van der Waals surface area contributed by atoms with Crippen molar-refractivity contribution in [1.29, 1.82) is 0 Å². The van der Waals surface area contributed by atoms with E-state index in [4.69, 9.17) is 14.2 Å². The monoisotopic (exact) mass is 390 g/mol. The van der Waals surface area contributed by atoms with Crippen LogP contribution in [0.2, 0.25) is 0 Å². The van der Waals surface area contributed by atoms with E-state index in [1.165, 1.54) is 0 Å². The van der Waals surface area contributed by atoms with Crippen LogP contribution in [0.4, 0.5) is 11.4 Å². The van der Waals surface area contributed by atoms with Crippen LogP contribution in [0.1, 0.15) is 5.56 Å². The number of nitrogens with zero attached hydrogens (tertiary/aromatic N) is 3. The molecule has 0 bridgehead atoms. The van der Waals surface area contributed by atoms with Crippen LogP contribution in [0.5, 0.6) is 17.2 Å². The van der Waals surface area contributed by atoms with Crippen LogP contribution in [-0.2, 0) is 0 Å². The van der Waals surface area contributed by atoms with Gasteiger partial charge in [-0.05, 0) is 72.8 Å². The molecule has 0 spiro atoms. The zero-order valence-corrected chi connectivity index (χ0v) is 16.5. The number of ether oxygens (including phenoxy) is 3. The van der Waals surface area contributed by atoms with Crippen molar-refractivity contribution in [3.8, 4) is 17.2 Å². The summed E-state index contributed by atoms with van der Waals surface area (Å²) >= 11 is 0. The van der Waals surface area contributed by atoms with Gasteiger partial charge in [0, 0.05) is 5.56 Å². The topological polar surface area (TPSA) is 76.8 Å². The van der Waals surface area contributed by atoms with Crippen molar-refractivity contribution in [2.75, 3.05) is 26.8 Å². The second-order valence-corrected chi connectivity index (χ2v) is 5.90. The Labute approximate surface area is 169 Å². The van der Waals surface area contributed by atoms with Gasteiger partial charge in [0.1, 0.15) is 17.2 Å². The van der Waals surface area contributed by atoms with Crippen molar-refractivity contribution >= 4 is 17.2 Å². The van der Waals surface area contributed by atoms with Gasteiger partial charge in [-0.2, -0.15) is 5.10 Å². The van der Waals surface area contributed by atoms with Crippen LogP contribution in [-0.4, -0.2) is 27.2 Å². The molecular weight excluding hydrogens is 368 g/mol. The summed E-state index contributed by atoms with van der Waals surface area (Å²) in [4.78, 5) is 0. The normalized spacial score (nSPS) is 11.3. The first kappa shape index (κ1) is 19.9. The van der Waals surface area contributed by atoms with E-state index in [1.807, 2.05) is 72.8 Å². The molecular formula is C22H22N4O3. The molecule has 3 aromatic carbocycles. The minimum atomic E-state index is 0.430. The quantitative estimate of drug-likeness (QED) is 0.258. The molecule has 0 unspecified atom stereocenters. The van der Waals surface area contributed by atoms with Crippen molar-refractivity contribution in [2.45, 2.75) is 0 Å². The Morgan fingerprint density at radius 3 is 1.66 bits per heavy atom. The van der Waals surface area contributed by atoms with Gasteiger partial charge in [-0.1, -0.05) is 0 Å². The zero-order valence-electron chi connectivity index (χ0n) is 16.5. The first-order valence-electron chi connectivity index (χ1n) is 8.90. The molecule has 0 aromatic heterocycles. The molecule has 3 aromatic rings. The molecule has 29 heavy (non-hydrogen) atoms. The standard InChI is InChI=1S/C22H22N4O3/c1-27-19-10-4-16(5-11-19)22(25-23-17-6-12-20(28-2)13-7-17)26-24-18-8-14-21(29-3)15-9-18/h4-15,23H,1-3H3/b25-22+,26-24?. The molecule has 3 rings (SSSR count). The van der Waals surface area contributed by atoms with Crippen LogP contribution in [0.15, 0.2) is 88.1 Å². The van der Waals surface area contributed by atoms with Gasteiger partial charge < -0.3 is 14.2 Å². The van der Waals surface area contributed by atoms with Crippen molar-refractivity contribution < 1.29 is 14.2 Å². The molecule has 0 saturated carbocycles. The van der Waals surface area contributed by atoms with E-state index in [9.17, 15) is 0 Å². The van der Waals surface area contributed by atoms with Gasteiger partial charge >= 0.3 is 0 Å². The number of rotatable bonds is 7. The van der Waals surface area contributed by atoms with E-state index in [-0.39, 0.29) is 0 Å². The Hall–Kier alpha value is -3.87. The molecule has 0 aliphatic heterocycles. The smallest absolute Gasteiger partial charge is 0.201 e. The van der Waals surface area contributed by atoms with Crippen LogP contribution in [0.3, 0.4) is 0 Å². The van der Waals surface area contributed by atoms with Crippen molar-refractivity contribution in [1.82, 2.24) is 0 Å². The average Bonchev–Trinajstić information content (AvgIpc) is 2.80. The van der Waals surface area contributed by atoms with Crippen molar-refractivity contribution in [2.24, 2.45) is 15.3 Å². The van der Waals surface area contributed by atoms with Crippen molar-refractivity contribution in [3.05, 3.63) is 78.4 Å². The molecule has 0 aliphatic rings. The minimum absolute atomic E-state index is 0.430. The summed E-state index contributed by atoms with van der Waals surface area (Å²) in [6.45, 7) is 0. The third-order valence-corrected chi connectivity index (χ3v) is 4.06. The fraction of sp³-hybridized carbons (Fsp3) is 0.136. The van der Waals surface area contributed by atoms with Gasteiger partial charge in [0.15, 0.2) is 0 Å². The summed E-state index contributed by atoms with van der Waals surface area (Å²) < 4.78 is 15.6. The maximum Gasteiger partial charge on any atom is 0.201 e. The number of methoxy groups -OCH3 is 3. The number of hydrogen-bond donors (Lipinski definition) is 1. The SMILES string of the molecule is COc1ccc(N=N/C(=N/Nc2ccc(OC)cc2)c2ccc(OC)cc2)cc1. The number of benzene rings is 3. The molecule has 7 nitrogen and oxygen atoms in total. The van der Waals surface area contributed by atoms with Gasteiger partial charge in [-0.15, -0.1) is 10.2 Å². The van der Waals surface area contributed by atoms with Gasteiger partial charge in [-0.25, -0.2) is 0 Å². The van der Waals surface area contributed by atoms with E-state index in [0.717, 1.165) is 28.5 Å². The van der Waals surface area contributed by atoms with Crippen LogP contribution < -0.4 is 19.6 Å². The molecule has 1 N–H and O–H groups in total. The molecule has 0 amide bonds. The summed E-state index contributed by atoms with van der Waals surface area (Å²) in [6.07, 6.45) is 0. The Bertz CT molecular complexity index is 966. The van der Waals surface area contributed by atoms with Crippen LogP contribution >= 0.6 is 0 Å². The summed E-state index contributed by atoms with van der Waals surface area (Å²) in [5, 5.41) is 13.0. The molecule has 0 radical (unpaired) electrons. The number of hydrazone groups is 1. The number of hydrogen-bond acceptors (Lipinski definition) is 6. The number of nitrogens with one attached hydrogen (secondary N) is 1. The second-order valence-electron chi connectivity index (χ2n) is 5.90. The van der Waals surface area contributed by atoms with Gasteiger partial charge in [0.25, 0.3) is 0 Å². The van der Waals surface area contributed by atoms with Crippen LogP contribution in [0, 0.1) is 0 Å². The Morgan fingerprint density at radius 2 is 1.14 bits per heavy atom. The van der Waals surface area contributed by atoms with Crippen molar-refractivity contribution in [3.63, 3.8) is 0 Å². The van der Waals surface area contributed by atoms with E-state index >= 15 is 0 Å². The van der Waals surface area contributed by atoms with E-state index in [1.54, 1.807) is 21.3 Å². The Kier molecular flexibility index (Phi) is 6.78. The highest BCUT2D eigenvalue weighted by Crippen LogP contribution is 2.20. The fourth-order valence-corrected chi connectivity index (χ4v) is 2.42. The van der Waals surface area contributed by atoms with E-state index in [2.05, 4.69) is 20.8 Å². The van der Waals surface area contributed by atoms with Gasteiger partial charge in [0.2, 0.25) is 5.84 Å². The lowest BCUT2D eigenvalue weighted by Gasteiger charge is -2.06. The highest BCUT2D eigenvalue weighted by molar-refractivity contribution is 5.99. The van der Waals surface area contributed by atoms with Gasteiger partial charge in [0.05, 0.1) is 32.7 Å². The van der Waals surface area contributed by atoms with E-state index < -0.39 is 0 Å². The molecule has 0 aliphatic carbocycles. The predicted molar refractivity (Wildman–Crippen MR) is 114 cm³/mol. The summed E-state index contributed by atoms with van der Waals surface area (Å²) in [5.74, 6) is 2.71.